The lowest BCUT2D eigenvalue weighted by Crippen LogP contribution is -1.93. The van der Waals surface area contributed by atoms with Crippen LogP contribution in [0.2, 0.25) is 5.02 Å². The Hall–Kier alpha value is -0.780. The number of benzene rings is 1. The van der Waals surface area contributed by atoms with Crippen LogP contribution in [0.3, 0.4) is 0 Å². The van der Waals surface area contributed by atoms with E-state index in [9.17, 15) is 10.1 Å². The molecule has 0 atom stereocenters. The number of nitro benzene ring substituents is 1. The normalized spacial score (nSPS) is 10.0. The summed E-state index contributed by atoms with van der Waals surface area (Å²) in [6.07, 6.45) is 0. The molecule has 0 amide bonds. The molecule has 6 heteroatoms. The molecule has 13 heavy (non-hydrogen) atoms. The lowest BCUT2D eigenvalue weighted by molar-refractivity contribution is -0.384. The Morgan fingerprint density at radius 2 is 2.31 bits per heavy atom. The van der Waals surface area contributed by atoms with Crippen molar-refractivity contribution in [3.05, 3.63) is 33.3 Å². The van der Waals surface area contributed by atoms with Crippen molar-refractivity contribution in [2.75, 3.05) is 7.05 Å². The Kier molecular flexibility index (Phi) is 3.53. The minimum atomic E-state index is -0.498. The van der Waals surface area contributed by atoms with Crippen LogP contribution < -0.4 is 4.72 Å². The molecule has 0 spiro atoms. The van der Waals surface area contributed by atoms with Crippen molar-refractivity contribution in [1.82, 2.24) is 4.72 Å². The van der Waals surface area contributed by atoms with Gasteiger partial charge in [-0.2, -0.15) is 0 Å². The summed E-state index contributed by atoms with van der Waals surface area (Å²) >= 11 is 6.92. The van der Waals surface area contributed by atoms with Crippen LogP contribution in [0.4, 0.5) is 5.69 Å². The molecule has 4 nitrogen and oxygen atoms in total. The zero-order valence-electron chi connectivity index (χ0n) is 6.78. The van der Waals surface area contributed by atoms with E-state index in [1.165, 1.54) is 24.1 Å². The van der Waals surface area contributed by atoms with Crippen LogP contribution in [-0.2, 0) is 0 Å². The fourth-order valence-electron chi connectivity index (χ4n) is 0.814. The second-order valence-corrected chi connectivity index (χ2v) is 3.67. The summed E-state index contributed by atoms with van der Waals surface area (Å²) in [5.41, 5.74) is -0.0677. The molecular formula is C7H7ClN2O2S. The van der Waals surface area contributed by atoms with Crippen molar-refractivity contribution >= 4 is 29.2 Å². The lowest BCUT2D eigenvalue weighted by Gasteiger charge is -1.99. The molecule has 1 rings (SSSR count). The zero-order valence-corrected chi connectivity index (χ0v) is 8.35. The van der Waals surface area contributed by atoms with Crippen molar-refractivity contribution in [3.8, 4) is 0 Å². The highest BCUT2D eigenvalue weighted by Crippen LogP contribution is 2.28. The number of hydrogen-bond donors (Lipinski definition) is 1. The van der Waals surface area contributed by atoms with E-state index in [0.29, 0.717) is 0 Å². The number of nitrogens with zero attached hydrogens (tertiary/aromatic N) is 1. The molecule has 1 aromatic rings. The highest BCUT2D eigenvalue weighted by atomic mass is 35.5. The number of halogens is 1. The fraction of sp³-hybridized carbons (Fsp3) is 0.143. The Bertz CT molecular complexity index is 332. The van der Waals surface area contributed by atoms with Gasteiger partial charge in [0.2, 0.25) is 0 Å². The maximum atomic E-state index is 10.5. The van der Waals surface area contributed by atoms with Crippen molar-refractivity contribution in [2.24, 2.45) is 0 Å². The second-order valence-electron chi connectivity index (χ2n) is 2.18. The molecule has 0 aliphatic carbocycles. The van der Waals surface area contributed by atoms with Gasteiger partial charge in [-0.25, -0.2) is 0 Å². The Morgan fingerprint density at radius 1 is 1.62 bits per heavy atom. The Balaban J connectivity index is 3.04. The van der Waals surface area contributed by atoms with Crippen LogP contribution >= 0.6 is 23.5 Å². The third-order valence-corrected chi connectivity index (χ3v) is 2.35. The van der Waals surface area contributed by atoms with E-state index < -0.39 is 4.92 Å². The van der Waals surface area contributed by atoms with Crippen molar-refractivity contribution in [2.45, 2.75) is 4.90 Å². The van der Waals surface area contributed by atoms with E-state index in [1.807, 2.05) is 0 Å². The molecule has 0 fully saturated rings. The fourth-order valence-corrected chi connectivity index (χ4v) is 1.54. The van der Waals surface area contributed by atoms with Gasteiger partial charge in [0, 0.05) is 11.0 Å². The quantitative estimate of drug-likeness (QED) is 0.481. The molecule has 70 valence electrons. The van der Waals surface area contributed by atoms with Gasteiger partial charge in [0.05, 0.1) is 4.92 Å². The molecule has 0 radical (unpaired) electrons. The summed E-state index contributed by atoms with van der Waals surface area (Å²) in [6.45, 7) is 0. The standard InChI is InChI=1S/C7H7ClN2O2S/c1-9-13-5-2-3-6(8)7(4-5)10(11)12/h2-4,9H,1H3. The number of nitro groups is 1. The predicted molar refractivity (Wildman–Crippen MR) is 53.0 cm³/mol. The molecule has 1 aromatic carbocycles. The molecule has 0 saturated carbocycles. The van der Waals surface area contributed by atoms with Crippen LogP contribution in [0.25, 0.3) is 0 Å². The Labute approximate surface area is 84.6 Å². The van der Waals surface area contributed by atoms with Crippen LogP contribution in [0.15, 0.2) is 23.1 Å². The van der Waals surface area contributed by atoms with E-state index in [4.69, 9.17) is 11.6 Å². The average molecular weight is 219 g/mol. The minimum Gasteiger partial charge on any atom is -0.263 e. The SMILES string of the molecule is CNSc1ccc(Cl)c([N+](=O)[O-])c1. The number of hydrogen-bond acceptors (Lipinski definition) is 4. The summed E-state index contributed by atoms with van der Waals surface area (Å²) in [6, 6.07) is 4.67. The summed E-state index contributed by atoms with van der Waals surface area (Å²) in [7, 11) is 1.74. The molecule has 0 unspecified atom stereocenters. The van der Waals surface area contributed by atoms with Gasteiger partial charge in [-0.3, -0.25) is 14.8 Å². The van der Waals surface area contributed by atoms with Crippen LogP contribution in [0.5, 0.6) is 0 Å². The van der Waals surface area contributed by atoms with E-state index in [-0.39, 0.29) is 10.7 Å². The van der Waals surface area contributed by atoms with E-state index >= 15 is 0 Å². The highest BCUT2D eigenvalue weighted by Gasteiger charge is 2.12. The van der Waals surface area contributed by atoms with Crippen molar-refractivity contribution in [3.63, 3.8) is 0 Å². The Morgan fingerprint density at radius 3 is 2.85 bits per heavy atom. The summed E-state index contributed by atoms with van der Waals surface area (Å²) in [5, 5.41) is 10.6. The predicted octanol–water partition coefficient (Wildman–Crippen LogP) is 2.47. The molecule has 0 aromatic heterocycles. The van der Waals surface area contributed by atoms with Crippen molar-refractivity contribution in [1.29, 1.82) is 0 Å². The first-order chi connectivity index (χ1) is 6.15. The average Bonchev–Trinajstić information content (AvgIpc) is 2.08. The van der Waals surface area contributed by atoms with Gasteiger partial charge in [-0.05, 0) is 31.1 Å². The first-order valence-corrected chi connectivity index (χ1v) is 4.62. The second kappa shape index (κ2) is 4.45. The van der Waals surface area contributed by atoms with Gasteiger partial charge in [-0.15, -0.1) is 0 Å². The van der Waals surface area contributed by atoms with Gasteiger partial charge >= 0.3 is 0 Å². The number of nitrogens with one attached hydrogen (secondary N) is 1. The van der Waals surface area contributed by atoms with E-state index in [0.717, 1.165) is 4.90 Å². The first-order valence-electron chi connectivity index (χ1n) is 3.42. The summed E-state index contributed by atoms with van der Waals surface area (Å²) < 4.78 is 2.82. The molecular weight excluding hydrogens is 212 g/mol. The molecule has 0 saturated heterocycles. The van der Waals surface area contributed by atoms with E-state index in [2.05, 4.69) is 4.72 Å². The van der Waals surface area contributed by atoms with Gasteiger partial charge in [0.15, 0.2) is 0 Å². The molecule has 0 aliphatic rings. The maximum Gasteiger partial charge on any atom is 0.289 e. The molecule has 0 bridgehead atoms. The monoisotopic (exact) mass is 218 g/mol. The van der Waals surface area contributed by atoms with Crippen molar-refractivity contribution < 1.29 is 4.92 Å². The van der Waals surface area contributed by atoms with Crippen LogP contribution in [0.1, 0.15) is 0 Å². The smallest absolute Gasteiger partial charge is 0.263 e. The topological polar surface area (TPSA) is 55.2 Å². The molecule has 0 heterocycles. The summed E-state index contributed by atoms with van der Waals surface area (Å²) in [4.78, 5) is 10.7. The van der Waals surface area contributed by atoms with Gasteiger partial charge < -0.3 is 0 Å². The largest absolute Gasteiger partial charge is 0.289 e. The number of rotatable bonds is 3. The van der Waals surface area contributed by atoms with Gasteiger partial charge in [-0.1, -0.05) is 11.6 Å². The van der Waals surface area contributed by atoms with Crippen LogP contribution in [0, 0.1) is 10.1 Å². The highest BCUT2D eigenvalue weighted by molar-refractivity contribution is 7.97. The third kappa shape index (κ3) is 2.58. The molecule has 1 N–H and O–H groups in total. The molecule has 0 aliphatic heterocycles. The van der Waals surface area contributed by atoms with Gasteiger partial charge in [0.25, 0.3) is 5.69 Å². The zero-order chi connectivity index (χ0) is 9.84. The maximum absolute atomic E-state index is 10.5. The van der Waals surface area contributed by atoms with E-state index in [1.54, 1.807) is 13.1 Å². The first kappa shape index (κ1) is 10.3. The van der Waals surface area contributed by atoms with Crippen LogP contribution in [-0.4, -0.2) is 12.0 Å². The third-order valence-electron chi connectivity index (χ3n) is 1.33. The lowest BCUT2D eigenvalue weighted by atomic mass is 10.3. The summed E-state index contributed by atoms with van der Waals surface area (Å²) in [5.74, 6) is 0. The minimum absolute atomic E-state index is 0.0677. The van der Waals surface area contributed by atoms with Gasteiger partial charge in [0.1, 0.15) is 5.02 Å².